The summed E-state index contributed by atoms with van der Waals surface area (Å²) in [5.41, 5.74) is 2.98. The third-order valence-electron chi connectivity index (χ3n) is 5.57. The van der Waals surface area contributed by atoms with Gasteiger partial charge in [-0.1, -0.05) is 18.2 Å². The summed E-state index contributed by atoms with van der Waals surface area (Å²) in [4.78, 5) is 23.3. The molecular weight excluding hydrogens is 362 g/mol. The van der Waals surface area contributed by atoms with E-state index < -0.39 is 0 Å². The van der Waals surface area contributed by atoms with E-state index >= 15 is 0 Å². The third-order valence-corrected chi connectivity index (χ3v) is 5.57. The van der Waals surface area contributed by atoms with E-state index in [2.05, 4.69) is 36.9 Å². The van der Waals surface area contributed by atoms with Crippen molar-refractivity contribution in [3.63, 3.8) is 0 Å². The highest BCUT2D eigenvalue weighted by molar-refractivity contribution is 5.94. The summed E-state index contributed by atoms with van der Waals surface area (Å²) in [6.07, 6.45) is 9.61. The van der Waals surface area contributed by atoms with Gasteiger partial charge in [-0.15, -0.1) is 0 Å². The number of rotatable bonds is 7. The normalized spacial score (nSPS) is 16.8. The molecule has 1 unspecified atom stereocenters. The minimum Gasteiger partial charge on any atom is -0.348 e. The molecule has 1 fully saturated rings. The van der Waals surface area contributed by atoms with E-state index in [1.165, 1.54) is 12.0 Å². The van der Waals surface area contributed by atoms with E-state index in [-0.39, 0.29) is 5.91 Å². The van der Waals surface area contributed by atoms with Gasteiger partial charge in [0.15, 0.2) is 0 Å². The van der Waals surface area contributed by atoms with Gasteiger partial charge < -0.3 is 9.88 Å². The second kappa shape index (κ2) is 9.01. The lowest BCUT2D eigenvalue weighted by atomic mass is 9.98. The van der Waals surface area contributed by atoms with Gasteiger partial charge in [0.25, 0.3) is 5.91 Å². The summed E-state index contributed by atoms with van der Waals surface area (Å²) < 4.78 is 2.09. The van der Waals surface area contributed by atoms with Crippen LogP contribution in [-0.2, 0) is 26.6 Å². The second-order valence-electron chi connectivity index (χ2n) is 7.79. The number of nitrogens with zero attached hydrogens (tertiary/aromatic N) is 4. The fraction of sp³-hybridized carbons (Fsp3) is 0.348. The molecule has 1 atom stereocenters. The lowest BCUT2D eigenvalue weighted by Gasteiger charge is -2.16. The summed E-state index contributed by atoms with van der Waals surface area (Å²) >= 11 is 0. The smallest absolute Gasteiger partial charge is 0.251 e. The summed E-state index contributed by atoms with van der Waals surface area (Å²) in [7, 11) is 2.05. The van der Waals surface area contributed by atoms with E-state index in [0.29, 0.717) is 18.0 Å². The number of hydrogen-bond acceptors (Lipinski definition) is 4. The predicted octanol–water partition coefficient (Wildman–Crippen LogP) is 2.81. The van der Waals surface area contributed by atoms with E-state index in [4.69, 9.17) is 0 Å². The Labute approximate surface area is 171 Å². The zero-order valence-corrected chi connectivity index (χ0v) is 16.8. The van der Waals surface area contributed by atoms with E-state index in [0.717, 1.165) is 37.4 Å². The molecule has 4 rings (SSSR count). The first-order chi connectivity index (χ1) is 14.2. The number of imidazole rings is 1. The van der Waals surface area contributed by atoms with Crippen LogP contribution in [0.3, 0.4) is 0 Å². The van der Waals surface area contributed by atoms with Gasteiger partial charge in [0, 0.05) is 50.5 Å². The van der Waals surface area contributed by atoms with Crippen molar-refractivity contribution in [2.75, 3.05) is 13.1 Å². The van der Waals surface area contributed by atoms with Crippen molar-refractivity contribution in [1.29, 1.82) is 0 Å². The van der Waals surface area contributed by atoms with Crippen molar-refractivity contribution in [1.82, 2.24) is 24.8 Å². The Kier molecular flexibility index (Phi) is 6.00. The summed E-state index contributed by atoms with van der Waals surface area (Å²) in [6, 6.07) is 11.8. The van der Waals surface area contributed by atoms with Crippen LogP contribution in [0.15, 0.2) is 61.2 Å². The quantitative estimate of drug-likeness (QED) is 0.675. The average molecular weight is 390 g/mol. The zero-order chi connectivity index (χ0) is 20.1. The van der Waals surface area contributed by atoms with Crippen LogP contribution in [0.4, 0.5) is 0 Å². The monoisotopic (exact) mass is 389 g/mol. The first-order valence-corrected chi connectivity index (χ1v) is 10.1. The lowest BCUT2D eigenvalue weighted by Crippen LogP contribution is -2.23. The van der Waals surface area contributed by atoms with Crippen molar-refractivity contribution in [2.45, 2.75) is 25.9 Å². The van der Waals surface area contributed by atoms with Crippen molar-refractivity contribution in [3.8, 4) is 0 Å². The molecular formula is C23H27N5O. The van der Waals surface area contributed by atoms with E-state index in [1.807, 2.05) is 43.7 Å². The van der Waals surface area contributed by atoms with Crippen molar-refractivity contribution in [2.24, 2.45) is 13.0 Å². The molecule has 150 valence electrons. The number of hydrogen-bond donors (Lipinski definition) is 1. The minimum atomic E-state index is -0.0532. The fourth-order valence-corrected chi connectivity index (χ4v) is 3.88. The van der Waals surface area contributed by atoms with Gasteiger partial charge in [0.2, 0.25) is 0 Å². The average Bonchev–Trinajstić information content (AvgIpc) is 3.36. The van der Waals surface area contributed by atoms with Crippen LogP contribution in [0.5, 0.6) is 0 Å². The first-order valence-electron chi connectivity index (χ1n) is 10.1. The molecule has 0 saturated carbocycles. The van der Waals surface area contributed by atoms with Crippen LogP contribution in [0.1, 0.15) is 33.7 Å². The number of benzene rings is 1. The molecule has 0 aliphatic carbocycles. The SMILES string of the molecule is Cn1ccnc1CN1CCC(Cc2ccc(C(=O)NCc3cccnc3)cc2)C1. The van der Waals surface area contributed by atoms with E-state index in [9.17, 15) is 4.79 Å². The number of amides is 1. The van der Waals surface area contributed by atoms with Gasteiger partial charge in [-0.2, -0.15) is 0 Å². The molecule has 29 heavy (non-hydrogen) atoms. The summed E-state index contributed by atoms with van der Waals surface area (Å²) in [5.74, 6) is 1.72. The molecule has 1 aliphatic heterocycles. The number of likely N-dealkylation sites (tertiary alicyclic amines) is 1. The van der Waals surface area contributed by atoms with E-state index in [1.54, 1.807) is 12.4 Å². The van der Waals surface area contributed by atoms with Gasteiger partial charge in [-0.05, 0) is 54.6 Å². The Bertz CT molecular complexity index is 935. The van der Waals surface area contributed by atoms with Gasteiger partial charge in [-0.25, -0.2) is 4.98 Å². The maximum atomic E-state index is 12.3. The standard InChI is InChI=1S/C23H27N5O/c1-27-12-10-25-22(27)17-28-11-8-19(16-28)13-18-4-6-21(7-5-18)23(29)26-15-20-3-2-9-24-14-20/h2-7,9-10,12,14,19H,8,11,13,15-17H2,1H3,(H,26,29). The van der Waals surface area contributed by atoms with Crippen LogP contribution in [-0.4, -0.2) is 38.4 Å². The molecule has 2 aromatic heterocycles. The molecule has 1 saturated heterocycles. The number of carbonyl (C=O) groups excluding carboxylic acids is 1. The highest BCUT2D eigenvalue weighted by atomic mass is 16.1. The predicted molar refractivity (Wildman–Crippen MR) is 112 cm³/mol. The number of pyridine rings is 1. The Morgan fingerprint density at radius 1 is 1.17 bits per heavy atom. The molecule has 1 aromatic carbocycles. The van der Waals surface area contributed by atoms with Gasteiger partial charge in [0.1, 0.15) is 5.82 Å². The van der Waals surface area contributed by atoms with Gasteiger partial charge in [0.05, 0.1) is 6.54 Å². The van der Waals surface area contributed by atoms with Crippen LogP contribution in [0, 0.1) is 5.92 Å². The number of carbonyl (C=O) groups is 1. The summed E-state index contributed by atoms with van der Waals surface area (Å²) in [5, 5.41) is 2.95. The molecule has 3 heterocycles. The van der Waals surface area contributed by atoms with Gasteiger partial charge >= 0.3 is 0 Å². The fourth-order valence-electron chi connectivity index (χ4n) is 3.88. The molecule has 1 amide bonds. The van der Waals surface area contributed by atoms with Crippen molar-refractivity contribution in [3.05, 3.63) is 83.7 Å². The van der Waals surface area contributed by atoms with Crippen molar-refractivity contribution >= 4 is 5.91 Å². The highest BCUT2D eigenvalue weighted by Crippen LogP contribution is 2.22. The van der Waals surface area contributed by atoms with Crippen LogP contribution < -0.4 is 5.32 Å². The molecule has 0 radical (unpaired) electrons. The lowest BCUT2D eigenvalue weighted by molar-refractivity contribution is 0.0951. The minimum absolute atomic E-state index is 0.0532. The molecule has 6 heteroatoms. The van der Waals surface area contributed by atoms with Crippen LogP contribution >= 0.6 is 0 Å². The maximum absolute atomic E-state index is 12.3. The number of nitrogens with one attached hydrogen (secondary N) is 1. The highest BCUT2D eigenvalue weighted by Gasteiger charge is 2.23. The second-order valence-corrected chi connectivity index (χ2v) is 7.79. The molecule has 1 aliphatic rings. The molecule has 6 nitrogen and oxygen atoms in total. The van der Waals surface area contributed by atoms with Crippen molar-refractivity contribution < 1.29 is 4.79 Å². The first kappa shape index (κ1) is 19.3. The zero-order valence-electron chi connectivity index (χ0n) is 16.8. The molecule has 0 bridgehead atoms. The Balaban J connectivity index is 1.26. The number of aryl methyl sites for hydroxylation is 1. The Morgan fingerprint density at radius 3 is 2.76 bits per heavy atom. The maximum Gasteiger partial charge on any atom is 0.251 e. The Morgan fingerprint density at radius 2 is 2.03 bits per heavy atom. The number of aromatic nitrogens is 3. The van der Waals surface area contributed by atoms with Crippen LogP contribution in [0.2, 0.25) is 0 Å². The molecule has 0 spiro atoms. The Hall–Kier alpha value is -2.99. The topological polar surface area (TPSA) is 63.1 Å². The largest absolute Gasteiger partial charge is 0.348 e. The summed E-state index contributed by atoms with van der Waals surface area (Å²) in [6.45, 7) is 3.62. The third kappa shape index (κ3) is 5.09. The molecule has 1 N–H and O–H groups in total. The van der Waals surface area contributed by atoms with Gasteiger partial charge in [-0.3, -0.25) is 14.7 Å². The molecule has 3 aromatic rings. The van der Waals surface area contributed by atoms with Crippen LogP contribution in [0.25, 0.3) is 0 Å².